The lowest BCUT2D eigenvalue weighted by molar-refractivity contribution is -0.170. The third-order valence-electron chi connectivity index (χ3n) is 3.70. The number of nitrogens with zero attached hydrogens (tertiary/aromatic N) is 4. The number of aromatic nitrogens is 2. The van der Waals surface area contributed by atoms with Crippen molar-refractivity contribution in [3.63, 3.8) is 0 Å². The third kappa shape index (κ3) is 5.27. The highest BCUT2D eigenvalue weighted by atomic mass is 19.4. The summed E-state index contributed by atoms with van der Waals surface area (Å²) in [4.78, 5) is 48.4. The fraction of sp³-hybridized carbons (Fsp3) is 0.176. The number of carbonyl (C=O) groups is 2. The standard InChI is InChI=1S/C17H16F3N7O3/c1-23-11-13(25-16(22)26-14(11)29)24-7-2-8-27(15(30)17(18,19)20)10-5-3-9(4-6-10)12(21)28/h3-7H,1-2,8H2,(H2,21,28)(H3,22,25,26,29)/b24-7-. The van der Waals surface area contributed by atoms with E-state index in [2.05, 4.69) is 26.7 Å². The van der Waals surface area contributed by atoms with Gasteiger partial charge in [-0.3, -0.25) is 24.4 Å². The second kappa shape index (κ2) is 8.98. The molecule has 0 radical (unpaired) electrons. The van der Waals surface area contributed by atoms with Crippen LogP contribution in [0.2, 0.25) is 0 Å². The van der Waals surface area contributed by atoms with E-state index in [4.69, 9.17) is 11.5 Å². The second-order valence-corrected chi connectivity index (χ2v) is 5.75. The number of nitrogens with one attached hydrogen (secondary N) is 1. The van der Waals surface area contributed by atoms with Gasteiger partial charge in [0.25, 0.3) is 5.56 Å². The van der Waals surface area contributed by atoms with Crippen LogP contribution in [0.1, 0.15) is 16.8 Å². The molecule has 10 nitrogen and oxygen atoms in total. The van der Waals surface area contributed by atoms with Crippen LogP contribution in [0.4, 0.5) is 36.3 Å². The van der Waals surface area contributed by atoms with Gasteiger partial charge in [0.1, 0.15) is 0 Å². The van der Waals surface area contributed by atoms with E-state index in [-0.39, 0.29) is 35.1 Å². The van der Waals surface area contributed by atoms with Crippen LogP contribution < -0.4 is 21.9 Å². The van der Waals surface area contributed by atoms with Crippen LogP contribution in [0.25, 0.3) is 0 Å². The molecule has 0 aliphatic rings. The van der Waals surface area contributed by atoms with E-state index in [1.807, 2.05) is 0 Å². The van der Waals surface area contributed by atoms with E-state index in [1.54, 1.807) is 0 Å². The maximum Gasteiger partial charge on any atom is 0.471 e. The van der Waals surface area contributed by atoms with Gasteiger partial charge in [-0.05, 0) is 31.0 Å². The molecule has 13 heteroatoms. The molecule has 0 fully saturated rings. The zero-order chi connectivity index (χ0) is 22.5. The number of aliphatic imine (C=N–C) groups is 2. The largest absolute Gasteiger partial charge is 0.471 e. The lowest BCUT2D eigenvalue weighted by Crippen LogP contribution is -2.42. The number of carbonyl (C=O) groups excluding carboxylic acids is 2. The number of alkyl halides is 3. The van der Waals surface area contributed by atoms with E-state index in [0.29, 0.717) is 4.90 Å². The molecule has 0 saturated carbocycles. The average molecular weight is 423 g/mol. The summed E-state index contributed by atoms with van der Waals surface area (Å²) in [6.45, 7) is 2.80. The number of nitrogen functional groups attached to an aromatic ring is 1. The summed E-state index contributed by atoms with van der Waals surface area (Å²) in [6, 6.07) is 4.74. The monoisotopic (exact) mass is 423 g/mol. The Balaban J connectivity index is 2.24. The van der Waals surface area contributed by atoms with Gasteiger partial charge in [-0.1, -0.05) is 0 Å². The van der Waals surface area contributed by atoms with Gasteiger partial charge in [-0.25, -0.2) is 4.99 Å². The molecule has 1 aromatic carbocycles. The van der Waals surface area contributed by atoms with Crippen LogP contribution in [-0.4, -0.2) is 47.4 Å². The topological polar surface area (TPSA) is 160 Å². The normalized spacial score (nSPS) is 11.4. The van der Waals surface area contributed by atoms with Gasteiger partial charge in [-0.2, -0.15) is 18.2 Å². The zero-order valence-electron chi connectivity index (χ0n) is 15.3. The van der Waals surface area contributed by atoms with Gasteiger partial charge in [-0.15, -0.1) is 0 Å². The SMILES string of the molecule is C=Nc1c(/N=C\CCN(C(=O)C(F)(F)F)c2ccc(C(N)=O)cc2)nc(N)[nH]c1=O. The number of halogens is 3. The Kier molecular flexibility index (Phi) is 6.66. The zero-order valence-corrected chi connectivity index (χ0v) is 15.3. The Morgan fingerprint density at radius 1 is 1.27 bits per heavy atom. The van der Waals surface area contributed by atoms with Gasteiger partial charge in [0, 0.05) is 30.4 Å². The molecular weight excluding hydrogens is 407 g/mol. The maximum absolute atomic E-state index is 13.0. The van der Waals surface area contributed by atoms with E-state index in [9.17, 15) is 27.6 Å². The highest BCUT2D eigenvalue weighted by Crippen LogP contribution is 2.25. The van der Waals surface area contributed by atoms with Crippen molar-refractivity contribution < 1.29 is 22.8 Å². The number of rotatable bonds is 7. The van der Waals surface area contributed by atoms with Crippen molar-refractivity contribution in [2.24, 2.45) is 15.7 Å². The molecule has 0 bridgehead atoms. The molecule has 0 aliphatic heterocycles. The summed E-state index contributed by atoms with van der Waals surface area (Å²) in [7, 11) is 0. The smallest absolute Gasteiger partial charge is 0.369 e. The summed E-state index contributed by atoms with van der Waals surface area (Å²) >= 11 is 0. The number of benzene rings is 1. The van der Waals surface area contributed by atoms with Crippen molar-refractivity contribution in [3.05, 3.63) is 40.2 Å². The number of primary amides is 1. The summed E-state index contributed by atoms with van der Waals surface area (Å²) in [5, 5.41) is 0. The highest BCUT2D eigenvalue weighted by molar-refractivity contribution is 5.98. The van der Waals surface area contributed by atoms with Crippen molar-refractivity contribution in [1.29, 1.82) is 0 Å². The number of amides is 2. The van der Waals surface area contributed by atoms with Crippen LogP contribution in [0.15, 0.2) is 39.0 Å². The summed E-state index contributed by atoms with van der Waals surface area (Å²) < 4.78 is 38.9. The van der Waals surface area contributed by atoms with E-state index >= 15 is 0 Å². The van der Waals surface area contributed by atoms with E-state index in [0.717, 1.165) is 6.21 Å². The first-order chi connectivity index (χ1) is 14.0. The predicted molar refractivity (Wildman–Crippen MR) is 105 cm³/mol. The van der Waals surface area contributed by atoms with Gasteiger partial charge in [0.2, 0.25) is 11.9 Å². The Bertz CT molecular complexity index is 1050. The molecule has 0 atom stereocenters. The number of H-pyrrole nitrogens is 1. The first-order valence-electron chi connectivity index (χ1n) is 8.22. The van der Waals surface area contributed by atoms with Crippen LogP contribution in [0.3, 0.4) is 0 Å². The van der Waals surface area contributed by atoms with E-state index < -0.39 is 30.1 Å². The molecule has 2 amide bonds. The molecular formula is C17H16F3N7O3. The molecule has 5 N–H and O–H groups in total. The summed E-state index contributed by atoms with van der Waals surface area (Å²) in [5.41, 5.74) is 9.59. The Labute approximate surface area is 167 Å². The Hall–Kier alpha value is -4.03. The minimum Gasteiger partial charge on any atom is -0.369 e. The highest BCUT2D eigenvalue weighted by Gasteiger charge is 2.42. The first-order valence-corrected chi connectivity index (χ1v) is 8.22. The average Bonchev–Trinajstić information content (AvgIpc) is 2.66. The fourth-order valence-corrected chi connectivity index (χ4v) is 2.35. The molecule has 2 aromatic rings. The van der Waals surface area contributed by atoms with Gasteiger partial charge in [0.05, 0.1) is 0 Å². The number of hydrogen-bond acceptors (Lipinski definition) is 7. The van der Waals surface area contributed by atoms with Crippen LogP contribution >= 0.6 is 0 Å². The minimum atomic E-state index is -5.12. The molecule has 1 aromatic heterocycles. The maximum atomic E-state index is 13.0. The molecule has 0 aliphatic carbocycles. The Morgan fingerprint density at radius 2 is 1.90 bits per heavy atom. The van der Waals surface area contributed by atoms with Crippen LogP contribution in [0.5, 0.6) is 0 Å². The third-order valence-corrected chi connectivity index (χ3v) is 3.70. The van der Waals surface area contributed by atoms with Gasteiger partial charge >= 0.3 is 12.1 Å². The Morgan fingerprint density at radius 3 is 2.43 bits per heavy atom. The molecule has 0 spiro atoms. The lowest BCUT2D eigenvalue weighted by Gasteiger charge is -2.23. The molecule has 0 unspecified atom stereocenters. The summed E-state index contributed by atoms with van der Waals surface area (Å²) in [6.07, 6.45) is -4.10. The lowest BCUT2D eigenvalue weighted by atomic mass is 10.2. The molecule has 0 saturated heterocycles. The number of hydrogen-bond donors (Lipinski definition) is 3. The minimum absolute atomic E-state index is 0.0714. The quantitative estimate of drug-likeness (QED) is 0.574. The fourth-order valence-electron chi connectivity index (χ4n) is 2.35. The number of aromatic amines is 1. The van der Waals surface area contributed by atoms with Crippen molar-refractivity contribution in [1.82, 2.24) is 9.97 Å². The van der Waals surface area contributed by atoms with Crippen molar-refractivity contribution >= 4 is 47.9 Å². The number of anilines is 2. The molecule has 30 heavy (non-hydrogen) atoms. The van der Waals surface area contributed by atoms with E-state index in [1.165, 1.54) is 24.3 Å². The number of nitrogens with two attached hydrogens (primary N) is 2. The van der Waals surface area contributed by atoms with Crippen LogP contribution in [0, 0.1) is 0 Å². The molecule has 1 heterocycles. The predicted octanol–water partition coefficient (Wildman–Crippen LogP) is 1.47. The summed E-state index contributed by atoms with van der Waals surface area (Å²) in [5.74, 6) is -3.28. The van der Waals surface area contributed by atoms with Crippen molar-refractivity contribution in [2.75, 3.05) is 17.2 Å². The van der Waals surface area contributed by atoms with Gasteiger partial charge in [0.15, 0.2) is 11.5 Å². The second-order valence-electron chi connectivity index (χ2n) is 5.75. The first kappa shape index (κ1) is 22.3. The van der Waals surface area contributed by atoms with Crippen LogP contribution in [-0.2, 0) is 4.79 Å². The van der Waals surface area contributed by atoms with Crippen molar-refractivity contribution in [3.8, 4) is 0 Å². The van der Waals surface area contributed by atoms with Gasteiger partial charge < -0.3 is 16.4 Å². The molecule has 158 valence electrons. The molecule has 2 rings (SSSR count). The van der Waals surface area contributed by atoms with Crippen molar-refractivity contribution in [2.45, 2.75) is 12.6 Å².